The Morgan fingerprint density at radius 2 is 2.06 bits per heavy atom. The maximum Gasteiger partial charge on any atom is 0.222 e. The summed E-state index contributed by atoms with van der Waals surface area (Å²) in [6.07, 6.45) is 6.43. The molecule has 4 N–H and O–H groups in total. The molecule has 5 nitrogen and oxygen atoms in total. The van der Waals surface area contributed by atoms with E-state index in [1.165, 1.54) is 0 Å². The Morgan fingerprint density at radius 1 is 1.33 bits per heavy atom. The third-order valence-electron chi connectivity index (χ3n) is 4.01. The van der Waals surface area contributed by atoms with E-state index < -0.39 is 0 Å². The van der Waals surface area contributed by atoms with E-state index in [2.05, 4.69) is 10.6 Å². The van der Waals surface area contributed by atoms with Gasteiger partial charge in [0, 0.05) is 25.4 Å². The minimum Gasteiger partial charge on any atom is -0.354 e. The number of hydrogen-bond acceptors (Lipinski definition) is 3. The van der Waals surface area contributed by atoms with E-state index >= 15 is 0 Å². The molecule has 2 fully saturated rings. The van der Waals surface area contributed by atoms with Gasteiger partial charge in [-0.3, -0.25) is 9.59 Å². The van der Waals surface area contributed by atoms with E-state index in [1.54, 1.807) is 0 Å². The first-order valence-corrected chi connectivity index (χ1v) is 6.95. The Labute approximate surface area is 108 Å². The van der Waals surface area contributed by atoms with Crippen LogP contribution in [0.4, 0.5) is 0 Å². The van der Waals surface area contributed by atoms with Crippen LogP contribution in [0.2, 0.25) is 0 Å². The van der Waals surface area contributed by atoms with Crippen LogP contribution in [0.5, 0.6) is 0 Å². The van der Waals surface area contributed by atoms with Gasteiger partial charge in [0.15, 0.2) is 0 Å². The van der Waals surface area contributed by atoms with Gasteiger partial charge in [0.25, 0.3) is 0 Å². The smallest absolute Gasteiger partial charge is 0.222 e. The van der Waals surface area contributed by atoms with Gasteiger partial charge in [-0.05, 0) is 38.0 Å². The number of nitrogens with two attached hydrogens (primary N) is 1. The molecule has 0 aromatic heterocycles. The van der Waals surface area contributed by atoms with Crippen molar-refractivity contribution in [1.29, 1.82) is 0 Å². The molecule has 1 saturated carbocycles. The van der Waals surface area contributed by atoms with E-state index in [1.807, 2.05) is 0 Å². The summed E-state index contributed by atoms with van der Waals surface area (Å²) in [5, 5.41) is 5.63. The molecule has 0 bridgehead atoms. The molecule has 1 saturated heterocycles. The highest BCUT2D eigenvalue weighted by Crippen LogP contribution is 2.26. The van der Waals surface area contributed by atoms with E-state index in [0.717, 1.165) is 32.1 Å². The second-order valence-corrected chi connectivity index (χ2v) is 5.59. The Morgan fingerprint density at radius 3 is 2.67 bits per heavy atom. The van der Waals surface area contributed by atoms with Crippen molar-refractivity contribution in [2.45, 2.75) is 57.0 Å². The number of carbonyl (C=O) groups is 2. The first-order chi connectivity index (χ1) is 8.63. The monoisotopic (exact) mass is 253 g/mol. The summed E-state index contributed by atoms with van der Waals surface area (Å²) in [6.45, 7) is 0.572. The quantitative estimate of drug-likeness (QED) is 0.673. The zero-order chi connectivity index (χ0) is 13.0. The van der Waals surface area contributed by atoms with Crippen molar-refractivity contribution in [1.82, 2.24) is 10.6 Å². The normalized spacial score (nSPS) is 32.1. The molecule has 1 heterocycles. The number of rotatable bonds is 4. The summed E-state index contributed by atoms with van der Waals surface area (Å²) in [5.74, 6) is 0.756. The molecule has 102 valence electrons. The lowest BCUT2D eigenvalue weighted by Gasteiger charge is -2.25. The van der Waals surface area contributed by atoms with Gasteiger partial charge < -0.3 is 16.4 Å². The lowest BCUT2D eigenvalue weighted by Crippen LogP contribution is -2.36. The van der Waals surface area contributed by atoms with Gasteiger partial charge in [-0.15, -0.1) is 0 Å². The predicted molar refractivity (Wildman–Crippen MR) is 68.7 cm³/mol. The van der Waals surface area contributed by atoms with Crippen molar-refractivity contribution in [2.75, 3.05) is 6.54 Å². The third-order valence-corrected chi connectivity index (χ3v) is 4.01. The summed E-state index contributed by atoms with van der Waals surface area (Å²) < 4.78 is 0. The van der Waals surface area contributed by atoms with Crippen LogP contribution < -0.4 is 16.4 Å². The van der Waals surface area contributed by atoms with E-state index in [0.29, 0.717) is 31.3 Å². The fraction of sp³-hybridized carbons (Fsp3) is 0.846. The zero-order valence-electron chi connectivity index (χ0n) is 10.8. The standard InChI is InChI=1S/C13H23N3O2/c14-10-4-1-9(2-5-10)3-6-12(17)16-11-7-13(18)15-8-11/h9-11H,1-8,14H2,(H,15,18)(H,16,17). The van der Waals surface area contributed by atoms with Crippen LogP contribution in [-0.2, 0) is 9.59 Å². The van der Waals surface area contributed by atoms with Crippen molar-refractivity contribution < 1.29 is 9.59 Å². The van der Waals surface area contributed by atoms with Crippen LogP contribution in [-0.4, -0.2) is 30.4 Å². The number of hydrogen-bond donors (Lipinski definition) is 3. The molecule has 1 aliphatic heterocycles. The van der Waals surface area contributed by atoms with Gasteiger partial charge in [-0.1, -0.05) is 0 Å². The topological polar surface area (TPSA) is 84.2 Å². The van der Waals surface area contributed by atoms with Gasteiger partial charge in [0.05, 0.1) is 6.04 Å². The predicted octanol–water partition coefficient (Wildman–Crippen LogP) is 0.289. The molecule has 1 aliphatic carbocycles. The molecule has 0 spiro atoms. The summed E-state index contributed by atoms with van der Waals surface area (Å²) in [5.41, 5.74) is 5.86. The Kier molecular flexibility index (Phi) is 4.58. The molecule has 2 amide bonds. The van der Waals surface area contributed by atoms with E-state index in [4.69, 9.17) is 5.73 Å². The average Bonchev–Trinajstić information content (AvgIpc) is 2.74. The van der Waals surface area contributed by atoms with Gasteiger partial charge in [0.2, 0.25) is 11.8 Å². The van der Waals surface area contributed by atoms with Crippen molar-refractivity contribution in [2.24, 2.45) is 11.7 Å². The van der Waals surface area contributed by atoms with Crippen LogP contribution in [0.25, 0.3) is 0 Å². The van der Waals surface area contributed by atoms with Crippen LogP contribution in [0.3, 0.4) is 0 Å². The Bertz CT molecular complexity index is 311. The van der Waals surface area contributed by atoms with Crippen LogP contribution in [0.1, 0.15) is 44.9 Å². The molecular weight excluding hydrogens is 230 g/mol. The summed E-state index contributed by atoms with van der Waals surface area (Å²) in [6, 6.07) is 0.357. The average molecular weight is 253 g/mol. The first-order valence-electron chi connectivity index (χ1n) is 6.95. The van der Waals surface area contributed by atoms with Crippen molar-refractivity contribution in [3.05, 3.63) is 0 Å². The zero-order valence-corrected chi connectivity index (χ0v) is 10.8. The molecule has 1 atom stereocenters. The summed E-state index contributed by atoms with van der Waals surface area (Å²) in [4.78, 5) is 22.7. The molecule has 0 aromatic carbocycles. The van der Waals surface area contributed by atoms with E-state index in [-0.39, 0.29) is 17.9 Å². The fourth-order valence-electron chi connectivity index (χ4n) is 2.82. The second kappa shape index (κ2) is 6.18. The summed E-state index contributed by atoms with van der Waals surface area (Å²) in [7, 11) is 0. The minimum atomic E-state index is -0.00946. The van der Waals surface area contributed by atoms with Gasteiger partial charge in [-0.2, -0.15) is 0 Å². The number of carbonyl (C=O) groups excluding carboxylic acids is 2. The number of nitrogens with one attached hydrogen (secondary N) is 2. The van der Waals surface area contributed by atoms with Gasteiger partial charge >= 0.3 is 0 Å². The number of amides is 2. The lowest BCUT2D eigenvalue weighted by atomic mass is 9.84. The highest BCUT2D eigenvalue weighted by atomic mass is 16.2. The van der Waals surface area contributed by atoms with Crippen LogP contribution in [0.15, 0.2) is 0 Å². The van der Waals surface area contributed by atoms with Crippen molar-refractivity contribution >= 4 is 11.8 Å². The minimum absolute atomic E-state index is 0.00946. The first kappa shape index (κ1) is 13.3. The largest absolute Gasteiger partial charge is 0.354 e. The van der Waals surface area contributed by atoms with Gasteiger partial charge in [-0.25, -0.2) is 0 Å². The lowest BCUT2D eigenvalue weighted by molar-refractivity contribution is -0.122. The maximum atomic E-state index is 11.7. The highest BCUT2D eigenvalue weighted by Gasteiger charge is 2.23. The molecule has 5 heteroatoms. The molecule has 0 aromatic rings. The fourth-order valence-corrected chi connectivity index (χ4v) is 2.82. The second-order valence-electron chi connectivity index (χ2n) is 5.59. The molecule has 2 aliphatic rings. The molecule has 1 unspecified atom stereocenters. The highest BCUT2D eigenvalue weighted by molar-refractivity contribution is 5.81. The molecular formula is C13H23N3O2. The molecule has 2 rings (SSSR count). The van der Waals surface area contributed by atoms with Crippen molar-refractivity contribution in [3.63, 3.8) is 0 Å². The van der Waals surface area contributed by atoms with Crippen molar-refractivity contribution in [3.8, 4) is 0 Å². The molecule has 18 heavy (non-hydrogen) atoms. The summed E-state index contributed by atoms with van der Waals surface area (Å²) >= 11 is 0. The third kappa shape index (κ3) is 3.98. The molecule has 0 radical (unpaired) electrons. The maximum absolute atomic E-state index is 11.7. The van der Waals surface area contributed by atoms with E-state index in [9.17, 15) is 9.59 Å². The van der Waals surface area contributed by atoms with Crippen LogP contribution in [0, 0.1) is 5.92 Å². The van der Waals surface area contributed by atoms with Crippen LogP contribution >= 0.6 is 0 Å². The Hall–Kier alpha value is -1.10. The SMILES string of the molecule is NC1CCC(CCC(=O)NC2CNC(=O)C2)CC1. The van der Waals surface area contributed by atoms with Gasteiger partial charge in [0.1, 0.15) is 0 Å². The Balaban J connectivity index is 1.61.